The molecule has 5 nitrogen and oxygen atoms in total. The standard InChI is InChI=1S/C15H26N2O3/c1-15(13(18)19)7-10-17(11-8-15)14(20)16-9-6-12-4-2-3-5-12/h12H,2-11H2,1H3,(H,16,20)(H,18,19). The van der Waals surface area contributed by atoms with Crippen molar-refractivity contribution in [2.75, 3.05) is 19.6 Å². The van der Waals surface area contributed by atoms with Crippen LogP contribution < -0.4 is 5.32 Å². The number of amides is 2. The van der Waals surface area contributed by atoms with Gasteiger partial charge in [-0.15, -0.1) is 0 Å². The zero-order chi connectivity index (χ0) is 14.6. The van der Waals surface area contributed by atoms with Gasteiger partial charge in [0.15, 0.2) is 0 Å². The highest BCUT2D eigenvalue weighted by Crippen LogP contribution is 2.31. The Morgan fingerprint density at radius 2 is 1.85 bits per heavy atom. The second-order valence-corrected chi connectivity index (χ2v) is 6.52. The number of piperidine rings is 1. The quantitative estimate of drug-likeness (QED) is 0.832. The Morgan fingerprint density at radius 3 is 2.40 bits per heavy atom. The SMILES string of the molecule is CC1(C(=O)O)CCN(C(=O)NCCC2CCCC2)CC1. The van der Waals surface area contributed by atoms with Crippen LogP contribution in [0.1, 0.15) is 51.9 Å². The van der Waals surface area contributed by atoms with Gasteiger partial charge >= 0.3 is 12.0 Å². The van der Waals surface area contributed by atoms with E-state index in [-0.39, 0.29) is 6.03 Å². The topological polar surface area (TPSA) is 69.6 Å². The van der Waals surface area contributed by atoms with Gasteiger partial charge < -0.3 is 15.3 Å². The summed E-state index contributed by atoms with van der Waals surface area (Å²) in [5, 5.41) is 12.1. The fraction of sp³-hybridized carbons (Fsp3) is 0.867. The molecule has 0 unspecified atom stereocenters. The number of likely N-dealkylation sites (tertiary alicyclic amines) is 1. The minimum absolute atomic E-state index is 0.0320. The van der Waals surface area contributed by atoms with E-state index in [1.54, 1.807) is 11.8 Å². The Balaban J connectivity index is 1.67. The second kappa shape index (κ2) is 6.46. The lowest BCUT2D eigenvalue weighted by atomic mass is 9.80. The molecular formula is C15H26N2O3. The van der Waals surface area contributed by atoms with E-state index in [1.165, 1.54) is 25.7 Å². The van der Waals surface area contributed by atoms with E-state index in [1.807, 2.05) is 0 Å². The number of carbonyl (C=O) groups excluding carboxylic acids is 1. The molecule has 0 spiro atoms. The minimum atomic E-state index is -0.751. The average molecular weight is 282 g/mol. The molecule has 2 fully saturated rings. The highest BCUT2D eigenvalue weighted by atomic mass is 16.4. The number of nitrogens with zero attached hydrogens (tertiary/aromatic N) is 1. The first kappa shape index (κ1) is 15.1. The van der Waals surface area contributed by atoms with E-state index in [2.05, 4.69) is 5.32 Å². The lowest BCUT2D eigenvalue weighted by Crippen LogP contribution is -2.48. The molecule has 0 aromatic heterocycles. The van der Waals surface area contributed by atoms with Crippen LogP contribution in [0.5, 0.6) is 0 Å². The van der Waals surface area contributed by atoms with Gasteiger partial charge in [0.2, 0.25) is 0 Å². The first-order chi connectivity index (χ1) is 9.51. The largest absolute Gasteiger partial charge is 0.481 e. The van der Waals surface area contributed by atoms with Crippen molar-refractivity contribution in [3.63, 3.8) is 0 Å². The summed E-state index contributed by atoms with van der Waals surface area (Å²) >= 11 is 0. The maximum absolute atomic E-state index is 12.0. The van der Waals surface area contributed by atoms with Crippen molar-refractivity contribution in [2.45, 2.75) is 51.9 Å². The van der Waals surface area contributed by atoms with Gasteiger partial charge in [-0.2, -0.15) is 0 Å². The van der Waals surface area contributed by atoms with Crippen LogP contribution in [0.2, 0.25) is 0 Å². The lowest BCUT2D eigenvalue weighted by molar-refractivity contribution is -0.150. The molecule has 5 heteroatoms. The molecule has 2 aliphatic rings. The Kier molecular flexibility index (Phi) is 4.89. The van der Waals surface area contributed by atoms with Crippen molar-refractivity contribution in [1.29, 1.82) is 0 Å². The predicted molar refractivity (Wildman–Crippen MR) is 76.5 cm³/mol. The molecule has 0 aromatic carbocycles. The van der Waals surface area contributed by atoms with Crippen molar-refractivity contribution in [3.05, 3.63) is 0 Å². The zero-order valence-electron chi connectivity index (χ0n) is 12.4. The Bertz CT molecular complexity index is 356. The molecule has 2 amide bonds. The van der Waals surface area contributed by atoms with Gasteiger partial charge in [0, 0.05) is 19.6 Å². The van der Waals surface area contributed by atoms with Crippen molar-refractivity contribution in [2.24, 2.45) is 11.3 Å². The number of nitrogens with one attached hydrogen (secondary N) is 1. The number of carboxylic acids is 1. The van der Waals surface area contributed by atoms with Crippen molar-refractivity contribution in [3.8, 4) is 0 Å². The summed E-state index contributed by atoms with van der Waals surface area (Å²) < 4.78 is 0. The normalized spacial score (nSPS) is 22.8. The van der Waals surface area contributed by atoms with E-state index in [4.69, 9.17) is 5.11 Å². The fourth-order valence-electron chi connectivity index (χ4n) is 3.21. The number of carboxylic acid groups (broad SMARTS) is 1. The van der Waals surface area contributed by atoms with Crippen molar-refractivity contribution >= 4 is 12.0 Å². The van der Waals surface area contributed by atoms with Crippen LogP contribution in [-0.4, -0.2) is 41.6 Å². The number of hydrogen-bond donors (Lipinski definition) is 2. The number of urea groups is 1. The summed E-state index contributed by atoms with van der Waals surface area (Å²) in [5.74, 6) is 0.0331. The maximum atomic E-state index is 12.0. The summed E-state index contributed by atoms with van der Waals surface area (Å²) in [4.78, 5) is 24.9. The third kappa shape index (κ3) is 3.64. The molecule has 1 saturated heterocycles. The highest BCUT2D eigenvalue weighted by molar-refractivity contribution is 5.76. The molecular weight excluding hydrogens is 256 g/mol. The van der Waals surface area contributed by atoms with Crippen LogP contribution in [0.4, 0.5) is 4.79 Å². The van der Waals surface area contributed by atoms with E-state index in [9.17, 15) is 9.59 Å². The van der Waals surface area contributed by atoms with Gasteiger partial charge in [-0.3, -0.25) is 4.79 Å². The summed E-state index contributed by atoms with van der Waals surface area (Å²) in [6.07, 6.45) is 7.42. The molecule has 1 aliphatic carbocycles. The van der Waals surface area contributed by atoms with E-state index < -0.39 is 11.4 Å². The van der Waals surface area contributed by atoms with Gasteiger partial charge in [-0.05, 0) is 32.1 Å². The number of hydrogen-bond acceptors (Lipinski definition) is 2. The zero-order valence-corrected chi connectivity index (χ0v) is 12.4. The molecule has 0 atom stereocenters. The van der Waals surface area contributed by atoms with Gasteiger partial charge in [0.1, 0.15) is 0 Å². The Hall–Kier alpha value is -1.26. The third-order valence-corrected chi connectivity index (χ3v) is 4.97. The highest BCUT2D eigenvalue weighted by Gasteiger charge is 2.37. The predicted octanol–water partition coefficient (Wildman–Crippen LogP) is 2.46. The number of carbonyl (C=O) groups is 2. The molecule has 20 heavy (non-hydrogen) atoms. The second-order valence-electron chi connectivity index (χ2n) is 6.52. The van der Waals surface area contributed by atoms with Crippen LogP contribution >= 0.6 is 0 Å². The number of rotatable bonds is 4. The first-order valence-electron chi connectivity index (χ1n) is 7.77. The van der Waals surface area contributed by atoms with Crippen molar-refractivity contribution < 1.29 is 14.7 Å². The van der Waals surface area contributed by atoms with Gasteiger partial charge in [-0.25, -0.2) is 4.79 Å². The molecule has 1 aliphatic heterocycles. The van der Waals surface area contributed by atoms with Gasteiger partial charge in [0.05, 0.1) is 5.41 Å². The summed E-state index contributed by atoms with van der Waals surface area (Å²) in [6.45, 7) is 3.59. The minimum Gasteiger partial charge on any atom is -0.481 e. The first-order valence-corrected chi connectivity index (χ1v) is 7.77. The average Bonchev–Trinajstić information content (AvgIpc) is 2.92. The number of aliphatic carboxylic acids is 1. The van der Waals surface area contributed by atoms with Gasteiger partial charge in [0.25, 0.3) is 0 Å². The Morgan fingerprint density at radius 1 is 1.25 bits per heavy atom. The summed E-state index contributed by atoms with van der Waals surface area (Å²) in [6, 6.07) is -0.0320. The van der Waals surface area contributed by atoms with E-state index >= 15 is 0 Å². The molecule has 2 N–H and O–H groups in total. The molecule has 2 rings (SSSR count). The molecule has 1 heterocycles. The smallest absolute Gasteiger partial charge is 0.317 e. The maximum Gasteiger partial charge on any atom is 0.317 e. The van der Waals surface area contributed by atoms with Crippen LogP contribution in [0.15, 0.2) is 0 Å². The molecule has 0 radical (unpaired) electrons. The van der Waals surface area contributed by atoms with Crippen LogP contribution in [0, 0.1) is 11.3 Å². The van der Waals surface area contributed by atoms with E-state index in [0.29, 0.717) is 25.9 Å². The molecule has 0 bridgehead atoms. The third-order valence-electron chi connectivity index (χ3n) is 4.97. The van der Waals surface area contributed by atoms with Gasteiger partial charge in [-0.1, -0.05) is 25.7 Å². The van der Waals surface area contributed by atoms with Crippen LogP contribution in [-0.2, 0) is 4.79 Å². The fourth-order valence-corrected chi connectivity index (χ4v) is 3.21. The molecule has 0 aromatic rings. The monoisotopic (exact) mass is 282 g/mol. The Labute approximate surface area is 120 Å². The van der Waals surface area contributed by atoms with Crippen LogP contribution in [0.3, 0.4) is 0 Å². The molecule has 114 valence electrons. The van der Waals surface area contributed by atoms with Crippen LogP contribution in [0.25, 0.3) is 0 Å². The lowest BCUT2D eigenvalue weighted by Gasteiger charge is -2.36. The van der Waals surface area contributed by atoms with E-state index in [0.717, 1.165) is 18.9 Å². The summed E-state index contributed by atoms with van der Waals surface area (Å²) in [7, 11) is 0. The summed E-state index contributed by atoms with van der Waals surface area (Å²) in [5.41, 5.74) is -0.666. The van der Waals surface area contributed by atoms with Crippen molar-refractivity contribution in [1.82, 2.24) is 10.2 Å². The molecule has 1 saturated carbocycles.